The fraction of sp³-hybridized carbons (Fsp3) is 0.235. The van der Waals surface area contributed by atoms with E-state index in [2.05, 4.69) is 0 Å². The third-order valence-corrected chi connectivity index (χ3v) is 3.82. The van der Waals surface area contributed by atoms with E-state index in [1.54, 1.807) is 4.90 Å². The van der Waals surface area contributed by atoms with Crippen LogP contribution >= 0.6 is 0 Å². The summed E-state index contributed by atoms with van der Waals surface area (Å²) >= 11 is 0. The van der Waals surface area contributed by atoms with Gasteiger partial charge in [-0.15, -0.1) is 0 Å². The van der Waals surface area contributed by atoms with Gasteiger partial charge in [0.05, 0.1) is 18.0 Å². The number of nitro benzene ring substituents is 1. The molecule has 0 aromatic heterocycles. The summed E-state index contributed by atoms with van der Waals surface area (Å²) in [6, 6.07) is 13.7. The number of non-ortho nitro benzene ring substituents is 1. The minimum atomic E-state index is -0.460. The van der Waals surface area contributed by atoms with Crippen LogP contribution in [-0.2, 0) is 11.2 Å². The lowest BCUT2D eigenvalue weighted by molar-refractivity contribution is -0.384. The Labute approximate surface area is 133 Å². The molecule has 1 heterocycles. The van der Waals surface area contributed by atoms with E-state index in [9.17, 15) is 14.9 Å². The van der Waals surface area contributed by atoms with Crippen LogP contribution in [0.2, 0.25) is 0 Å². The molecule has 0 radical (unpaired) electrons. The summed E-state index contributed by atoms with van der Waals surface area (Å²) in [6.45, 7) is 0.949. The number of carbonyl (C=O) groups is 1. The van der Waals surface area contributed by atoms with Gasteiger partial charge in [0.25, 0.3) is 5.69 Å². The molecule has 0 spiro atoms. The topological polar surface area (TPSA) is 72.7 Å². The summed E-state index contributed by atoms with van der Waals surface area (Å²) in [5.74, 6) is 0.544. The normalized spacial score (nSPS) is 12.8. The highest BCUT2D eigenvalue weighted by Gasteiger charge is 2.23. The minimum Gasteiger partial charge on any atom is -0.493 e. The van der Waals surface area contributed by atoms with Crippen molar-refractivity contribution in [3.63, 3.8) is 0 Å². The SMILES string of the molecule is O=C(CCOc1ccc([N+](=O)[O-])cc1)N1CCc2ccccc21. The Hall–Kier alpha value is -2.89. The molecule has 0 bridgehead atoms. The van der Waals surface area contributed by atoms with Crippen molar-refractivity contribution in [2.75, 3.05) is 18.1 Å². The molecule has 0 fully saturated rings. The number of para-hydroxylation sites is 1. The molecule has 118 valence electrons. The van der Waals surface area contributed by atoms with E-state index >= 15 is 0 Å². The van der Waals surface area contributed by atoms with Crippen molar-refractivity contribution >= 4 is 17.3 Å². The van der Waals surface area contributed by atoms with Gasteiger partial charge in [-0.25, -0.2) is 0 Å². The molecular weight excluding hydrogens is 296 g/mol. The van der Waals surface area contributed by atoms with E-state index in [-0.39, 0.29) is 24.6 Å². The molecule has 0 saturated heterocycles. The first-order chi connectivity index (χ1) is 11.1. The first kappa shape index (κ1) is 15.0. The fourth-order valence-electron chi connectivity index (χ4n) is 2.65. The van der Waals surface area contributed by atoms with Crippen molar-refractivity contribution in [3.8, 4) is 5.75 Å². The number of ether oxygens (including phenoxy) is 1. The zero-order valence-electron chi connectivity index (χ0n) is 12.5. The molecule has 1 amide bonds. The molecule has 0 aliphatic carbocycles. The number of carbonyl (C=O) groups excluding carboxylic acids is 1. The predicted octanol–water partition coefficient (Wildman–Crippen LogP) is 2.95. The third kappa shape index (κ3) is 3.31. The van der Waals surface area contributed by atoms with Crippen molar-refractivity contribution in [2.45, 2.75) is 12.8 Å². The summed E-state index contributed by atoms with van der Waals surface area (Å²) in [4.78, 5) is 24.2. The fourth-order valence-corrected chi connectivity index (χ4v) is 2.65. The van der Waals surface area contributed by atoms with E-state index < -0.39 is 4.92 Å². The van der Waals surface area contributed by atoms with Gasteiger partial charge in [-0.1, -0.05) is 18.2 Å². The molecule has 6 heteroatoms. The number of benzene rings is 2. The smallest absolute Gasteiger partial charge is 0.269 e. The van der Waals surface area contributed by atoms with Crippen LogP contribution in [0, 0.1) is 10.1 Å². The highest BCUT2D eigenvalue weighted by molar-refractivity contribution is 5.95. The summed E-state index contributed by atoms with van der Waals surface area (Å²) in [5, 5.41) is 10.6. The van der Waals surface area contributed by atoms with Crippen molar-refractivity contribution in [1.29, 1.82) is 0 Å². The molecule has 0 unspecified atom stereocenters. The quantitative estimate of drug-likeness (QED) is 0.628. The Morgan fingerprint density at radius 2 is 1.91 bits per heavy atom. The van der Waals surface area contributed by atoms with Crippen LogP contribution in [0.4, 0.5) is 11.4 Å². The van der Waals surface area contributed by atoms with Crippen molar-refractivity contribution in [1.82, 2.24) is 0 Å². The molecule has 2 aromatic carbocycles. The van der Waals surface area contributed by atoms with Gasteiger partial charge < -0.3 is 9.64 Å². The Morgan fingerprint density at radius 1 is 1.17 bits per heavy atom. The van der Waals surface area contributed by atoms with Crippen molar-refractivity contribution in [3.05, 3.63) is 64.2 Å². The number of nitrogens with zero attached hydrogens (tertiary/aromatic N) is 2. The number of fused-ring (bicyclic) bond motifs is 1. The zero-order valence-corrected chi connectivity index (χ0v) is 12.5. The molecular formula is C17H16N2O4. The summed E-state index contributed by atoms with van der Waals surface area (Å²) < 4.78 is 5.49. The van der Waals surface area contributed by atoms with Crippen LogP contribution in [0.25, 0.3) is 0 Å². The van der Waals surface area contributed by atoms with Crippen LogP contribution < -0.4 is 9.64 Å². The van der Waals surface area contributed by atoms with E-state index in [0.29, 0.717) is 12.3 Å². The molecule has 2 aromatic rings. The van der Waals surface area contributed by atoms with Gasteiger partial charge >= 0.3 is 0 Å². The Kier molecular flexibility index (Phi) is 4.23. The number of hydrogen-bond donors (Lipinski definition) is 0. The number of rotatable bonds is 5. The number of amides is 1. The second-order valence-corrected chi connectivity index (χ2v) is 5.27. The van der Waals surface area contributed by atoms with E-state index in [1.165, 1.54) is 29.8 Å². The summed E-state index contributed by atoms with van der Waals surface area (Å²) in [7, 11) is 0. The van der Waals surface area contributed by atoms with Crippen LogP contribution in [0.3, 0.4) is 0 Å². The molecule has 0 N–H and O–H groups in total. The molecule has 0 saturated carbocycles. The maximum absolute atomic E-state index is 12.3. The summed E-state index contributed by atoms with van der Waals surface area (Å²) in [6.07, 6.45) is 1.15. The summed E-state index contributed by atoms with van der Waals surface area (Å²) in [5.41, 5.74) is 2.19. The lowest BCUT2D eigenvalue weighted by Gasteiger charge is -2.17. The lowest BCUT2D eigenvalue weighted by Crippen LogP contribution is -2.30. The van der Waals surface area contributed by atoms with Gasteiger partial charge in [0, 0.05) is 24.4 Å². The molecule has 1 aliphatic heterocycles. The largest absolute Gasteiger partial charge is 0.493 e. The number of anilines is 1. The van der Waals surface area contributed by atoms with Gasteiger partial charge in [-0.05, 0) is 30.2 Å². The Balaban J connectivity index is 1.53. The van der Waals surface area contributed by atoms with Crippen LogP contribution in [0.15, 0.2) is 48.5 Å². The lowest BCUT2D eigenvalue weighted by atomic mass is 10.2. The van der Waals surface area contributed by atoms with Gasteiger partial charge in [0.2, 0.25) is 5.91 Å². The molecule has 6 nitrogen and oxygen atoms in total. The number of nitro groups is 1. The maximum Gasteiger partial charge on any atom is 0.269 e. The van der Waals surface area contributed by atoms with E-state index in [0.717, 1.165) is 12.1 Å². The molecule has 0 atom stereocenters. The van der Waals surface area contributed by atoms with Crippen molar-refractivity contribution < 1.29 is 14.5 Å². The van der Waals surface area contributed by atoms with Gasteiger partial charge in [-0.2, -0.15) is 0 Å². The van der Waals surface area contributed by atoms with Gasteiger partial charge in [0.1, 0.15) is 5.75 Å². The van der Waals surface area contributed by atoms with Crippen LogP contribution in [0.5, 0.6) is 5.75 Å². The average Bonchev–Trinajstić information content (AvgIpc) is 2.99. The van der Waals surface area contributed by atoms with Crippen molar-refractivity contribution in [2.24, 2.45) is 0 Å². The number of hydrogen-bond acceptors (Lipinski definition) is 4. The monoisotopic (exact) mass is 312 g/mol. The second-order valence-electron chi connectivity index (χ2n) is 5.27. The first-order valence-electron chi connectivity index (χ1n) is 7.40. The third-order valence-electron chi connectivity index (χ3n) is 3.82. The zero-order chi connectivity index (χ0) is 16.2. The Bertz CT molecular complexity index is 728. The van der Waals surface area contributed by atoms with Gasteiger partial charge in [0.15, 0.2) is 0 Å². The molecule has 23 heavy (non-hydrogen) atoms. The highest BCUT2D eigenvalue weighted by Crippen LogP contribution is 2.27. The molecule has 1 aliphatic rings. The van der Waals surface area contributed by atoms with Crippen LogP contribution in [-0.4, -0.2) is 24.0 Å². The highest BCUT2D eigenvalue weighted by atomic mass is 16.6. The standard InChI is InChI=1S/C17H16N2O4/c20-17(18-11-9-13-3-1-2-4-16(13)18)10-12-23-15-7-5-14(6-8-15)19(21)22/h1-8H,9-12H2. The molecule has 3 rings (SSSR count). The van der Waals surface area contributed by atoms with E-state index in [1.807, 2.05) is 24.3 Å². The van der Waals surface area contributed by atoms with E-state index in [4.69, 9.17) is 4.74 Å². The van der Waals surface area contributed by atoms with Crippen LogP contribution in [0.1, 0.15) is 12.0 Å². The first-order valence-corrected chi connectivity index (χ1v) is 7.40. The predicted molar refractivity (Wildman–Crippen MR) is 85.7 cm³/mol. The second kappa shape index (κ2) is 6.48. The van der Waals surface area contributed by atoms with Gasteiger partial charge in [-0.3, -0.25) is 14.9 Å². The average molecular weight is 312 g/mol. The Morgan fingerprint density at radius 3 is 2.65 bits per heavy atom. The minimum absolute atomic E-state index is 0.0158. The maximum atomic E-state index is 12.3.